The number of hydrogen-bond donors (Lipinski definition) is 1. The summed E-state index contributed by atoms with van der Waals surface area (Å²) >= 11 is 6.11. The second kappa shape index (κ2) is 5.76. The van der Waals surface area contributed by atoms with E-state index in [4.69, 9.17) is 16.3 Å². The van der Waals surface area contributed by atoms with Crippen molar-refractivity contribution in [2.24, 2.45) is 4.99 Å². The number of aliphatic imine (C=N–C) groups is 1. The lowest BCUT2D eigenvalue weighted by Crippen LogP contribution is -2.30. The fraction of sp³-hybridized carbons (Fsp3) is 0.214. The van der Waals surface area contributed by atoms with Crippen molar-refractivity contribution >= 4 is 29.1 Å². The fourth-order valence-electron chi connectivity index (χ4n) is 2.08. The highest BCUT2D eigenvalue weighted by Crippen LogP contribution is 2.19. The topological polar surface area (TPSA) is 68.0 Å². The van der Waals surface area contributed by atoms with Crippen LogP contribution >= 0.6 is 11.6 Å². The molecule has 114 valence electrons. The maximum Gasteiger partial charge on any atom is 0.338 e. The lowest BCUT2D eigenvalue weighted by Gasteiger charge is -2.17. The number of carbonyl (C=O) groups excluding carboxylic acids is 1. The van der Waals surface area contributed by atoms with Gasteiger partial charge in [-0.1, -0.05) is 11.6 Å². The molecule has 1 aliphatic heterocycles. The summed E-state index contributed by atoms with van der Waals surface area (Å²) in [6.45, 7) is 1.96. The molecule has 1 aliphatic rings. The second-order valence-corrected chi connectivity index (χ2v) is 4.91. The highest BCUT2D eigenvalue weighted by molar-refractivity contribution is 6.26. The van der Waals surface area contributed by atoms with E-state index < -0.39 is 17.3 Å². The molecular formula is C14H12ClFN4O2. The molecule has 1 atom stereocenters. The van der Waals surface area contributed by atoms with Crippen LogP contribution in [0.25, 0.3) is 5.65 Å². The molecule has 0 saturated heterocycles. The van der Waals surface area contributed by atoms with Gasteiger partial charge in [-0.2, -0.15) is 0 Å². The first-order chi connectivity index (χ1) is 10.6. The Balaban J connectivity index is 1.92. The van der Waals surface area contributed by atoms with E-state index in [9.17, 15) is 9.18 Å². The Labute approximate surface area is 130 Å². The Bertz CT molecular complexity index is 799. The minimum absolute atomic E-state index is 0.215. The minimum atomic E-state index is -0.880. The van der Waals surface area contributed by atoms with Crippen LogP contribution in [0.5, 0.6) is 0 Å². The molecule has 6 nitrogen and oxygen atoms in total. The smallest absolute Gasteiger partial charge is 0.338 e. The van der Waals surface area contributed by atoms with Gasteiger partial charge in [0, 0.05) is 12.4 Å². The zero-order chi connectivity index (χ0) is 15.7. The van der Waals surface area contributed by atoms with E-state index in [0.29, 0.717) is 17.2 Å². The number of carbonyl (C=O) groups is 1. The van der Waals surface area contributed by atoms with Crippen LogP contribution in [-0.4, -0.2) is 33.3 Å². The van der Waals surface area contributed by atoms with Gasteiger partial charge in [-0.05, 0) is 19.1 Å². The number of rotatable bonds is 3. The van der Waals surface area contributed by atoms with Gasteiger partial charge in [-0.15, -0.1) is 0 Å². The molecule has 0 fully saturated rings. The average Bonchev–Trinajstić information content (AvgIpc) is 2.90. The van der Waals surface area contributed by atoms with Crippen molar-refractivity contribution < 1.29 is 13.9 Å². The molecule has 1 N–H and O–H groups in total. The van der Waals surface area contributed by atoms with Crippen molar-refractivity contribution in [3.05, 3.63) is 47.8 Å². The zero-order valence-electron chi connectivity index (χ0n) is 11.6. The van der Waals surface area contributed by atoms with Crippen molar-refractivity contribution in [1.29, 1.82) is 0 Å². The Morgan fingerprint density at radius 2 is 2.36 bits per heavy atom. The number of aromatic nitrogens is 2. The normalized spacial score (nSPS) is 17.7. The van der Waals surface area contributed by atoms with E-state index in [-0.39, 0.29) is 12.2 Å². The van der Waals surface area contributed by atoms with E-state index in [1.54, 1.807) is 23.6 Å². The first-order valence-corrected chi connectivity index (χ1v) is 7.02. The Hall–Kier alpha value is -2.41. The summed E-state index contributed by atoms with van der Waals surface area (Å²) in [5.41, 5.74) is 0.452. The Morgan fingerprint density at radius 3 is 3.09 bits per heavy atom. The number of nitrogens with one attached hydrogen (secondary N) is 1. The third-order valence-corrected chi connectivity index (χ3v) is 3.42. The van der Waals surface area contributed by atoms with Crippen LogP contribution in [0.2, 0.25) is 0 Å². The predicted octanol–water partition coefficient (Wildman–Crippen LogP) is 1.84. The molecule has 22 heavy (non-hydrogen) atoms. The first-order valence-electron chi connectivity index (χ1n) is 6.58. The maximum absolute atomic E-state index is 13.4. The summed E-state index contributed by atoms with van der Waals surface area (Å²) in [6.07, 6.45) is 4.29. The molecule has 0 radical (unpaired) electrons. The van der Waals surface area contributed by atoms with Crippen LogP contribution in [-0.2, 0) is 9.53 Å². The number of pyridine rings is 1. The van der Waals surface area contributed by atoms with Gasteiger partial charge in [0.05, 0.1) is 18.4 Å². The number of fused-ring (bicyclic) bond motifs is 1. The number of nitrogens with zero attached hydrogens (tertiary/aromatic N) is 3. The van der Waals surface area contributed by atoms with Crippen LogP contribution in [0.1, 0.15) is 12.6 Å². The van der Waals surface area contributed by atoms with Crippen molar-refractivity contribution in [2.45, 2.75) is 12.4 Å². The number of imidazole rings is 1. The van der Waals surface area contributed by atoms with E-state index in [0.717, 1.165) is 0 Å². The third-order valence-electron chi connectivity index (χ3n) is 3.09. The van der Waals surface area contributed by atoms with Crippen LogP contribution < -0.4 is 5.32 Å². The lowest BCUT2D eigenvalue weighted by atomic mass is 10.2. The van der Waals surface area contributed by atoms with Gasteiger partial charge in [0.25, 0.3) is 0 Å². The molecule has 2 aromatic heterocycles. The fourth-order valence-corrected chi connectivity index (χ4v) is 2.33. The van der Waals surface area contributed by atoms with Gasteiger partial charge in [-0.25, -0.2) is 19.2 Å². The molecule has 0 aliphatic carbocycles. The maximum atomic E-state index is 13.4. The SMILES string of the molecule is CCOC(=O)C1=CNC(c2cnc3ccc(F)cn23)=NC1Cl. The summed E-state index contributed by atoms with van der Waals surface area (Å²) in [5.74, 6) is -0.526. The van der Waals surface area contributed by atoms with Gasteiger partial charge in [0.1, 0.15) is 17.2 Å². The van der Waals surface area contributed by atoms with E-state index in [1.807, 2.05) is 0 Å². The predicted molar refractivity (Wildman–Crippen MR) is 79.2 cm³/mol. The highest BCUT2D eigenvalue weighted by atomic mass is 35.5. The number of ether oxygens (including phenoxy) is 1. The van der Waals surface area contributed by atoms with Crippen LogP contribution in [0.4, 0.5) is 4.39 Å². The molecule has 0 spiro atoms. The van der Waals surface area contributed by atoms with E-state index in [1.165, 1.54) is 18.5 Å². The molecular weight excluding hydrogens is 311 g/mol. The summed E-state index contributed by atoms with van der Waals surface area (Å²) in [7, 11) is 0. The molecule has 3 heterocycles. The standard InChI is InChI=1S/C14H12ClFN4O2/c1-2-22-14(21)9-5-18-13(19-12(9)15)10-6-17-11-4-3-8(16)7-20(10)11/h3-7,12H,2H2,1H3,(H,18,19). The number of alkyl halides is 1. The highest BCUT2D eigenvalue weighted by Gasteiger charge is 2.25. The molecule has 0 bridgehead atoms. The first kappa shape index (κ1) is 14.5. The molecule has 0 aromatic carbocycles. The Morgan fingerprint density at radius 1 is 1.55 bits per heavy atom. The van der Waals surface area contributed by atoms with Gasteiger partial charge in [0.2, 0.25) is 0 Å². The molecule has 1 unspecified atom stereocenters. The molecule has 8 heteroatoms. The van der Waals surface area contributed by atoms with Gasteiger partial charge in [0.15, 0.2) is 11.3 Å². The number of esters is 1. The minimum Gasteiger partial charge on any atom is -0.462 e. The second-order valence-electron chi connectivity index (χ2n) is 4.50. The Kier molecular flexibility index (Phi) is 3.81. The largest absolute Gasteiger partial charge is 0.462 e. The quantitative estimate of drug-likeness (QED) is 0.532. The molecule has 0 saturated carbocycles. The average molecular weight is 323 g/mol. The summed E-state index contributed by atoms with van der Waals surface area (Å²) in [6, 6.07) is 2.88. The summed E-state index contributed by atoms with van der Waals surface area (Å²) < 4.78 is 19.8. The van der Waals surface area contributed by atoms with Crippen LogP contribution in [0, 0.1) is 5.82 Å². The van der Waals surface area contributed by atoms with Crippen LogP contribution in [0.3, 0.4) is 0 Å². The van der Waals surface area contributed by atoms with Crippen molar-refractivity contribution in [1.82, 2.24) is 14.7 Å². The summed E-state index contributed by atoms with van der Waals surface area (Å²) in [4.78, 5) is 20.1. The van der Waals surface area contributed by atoms with Crippen molar-refractivity contribution in [2.75, 3.05) is 6.61 Å². The molecule has 0 amide bonds. The van der Waals surface area contributed by atoms with E-state index >= 15 is 0 Å². The number of halogens is 2. The molecule has 3 rings (SSSR count). The zero-order valence-corrected chi connectivity index (χ0v) is 12.3. The third kappa shape index (κ3) is 2.55. The van der Waals surface area contributed by atoms with Gasteiger partial charge in [-0.3, -0.25) is 4.40 Å². The lowest BCUT2D eigenvalue weighted by molar-refractivity contribution is -0.138. The monoisotopic (exact) mass is 322 g/mol. The number of amidine groups is 1. The number of hydrogen-bond acceptors (Lipinski definition) is 5. The van der Waals surface area contributed by atoms with Crippen molar-refractivity contribution in [3.63, 3.8) is 0 Å². The van der Waals surface area contributed by atoms with Gasteiger partial charge >= 0.3 is 5.97 Å². The van der Waals surface area contributed by atoms with Crippen LogP contribution in [0.15, 0.2) is 41.3 Å². The van der Waals surface area contributed by atoms with Crippen molar-refractivity contribution in [3.8, 4) is 0 Å². The van der Waals surface area contributed by atoms with E-state index in [2.05, 4.69) is 15.3 Å². The molecule has 2 aromatic rings. The summed E-state index contributed by atoms with van der Waals surface area (Å²) in [5, 5.41) is 2.87. The van der Waals surface area contributed by atoms with Gasteiger partial charge < -0.3 is 10.1 Å².